The van der Waals surface area contributed by atoms with Crippen LogP contribution in [0.25, 0.3) is 11.5 Å². The monoisotopic (exact) mass is 422 g/mol. The summed E-state index contributed by atoms with van der Waals surface area (Å²) in [7, 11) is 0. The molecule has 5 rings (SSSR count). The average Bonchev–Trinajstić information content (AvgIpc) is 3.20. The summed E-state index contributed by atoms with van der Waals surface area (Å²) in [5.74, 6) is -0.527. The minimum absolute atomic E-state index is 0.262. The minimum atomic E-state index is -0.572. The molecule has 0 spiro atoms. The summed E-state index contributed by atoms with van der Waals surface area (Å²) >= 11 is 6.27. The van der Waals surface area contributed by atoms with Gasteiger partial charge in [-0.25, -0.2) is 9.37 Å². The van der Waals surface area contributed by atoms with Crippen molar-refractivity contribution in [1.29, 1.82) is 0 Å². The van der Waals surface area contributed by atoms with Gasteiger partial charge < -0.3 is 9.67 Å². The molecule has 2 aromatic carbocycles. The summed E-state index contributed by atoms with van der Waals surface area (Å²) in [5.41, 5.74) is 1.46. The molecule has 0 fully saturated rings. The second kappa shape index (κ2) is 7.11. The first-order chi connectivity index (χ1) is 14.5. The molecule has 0 bridgehead atoms. The first kappa shape index (κ1) is 18.6. The molecule has 0 radical (unpaired) electrons. The molecule has 0 saturated heterocycles. The zero-order chi connectivity index (χ0) is 20.8. The molecule has 30 heavy (non-hydrogen) atoms. The molecule has 3 heterocycles. The summed E-state index contributed by atoms with van der Waals surface area (Å²) in [6.45, 7) is 0.492. The zero-order valence-corrected chi connectivity index (χ0v) is 16.4. The molecule has 0 amide bonds. The maximum atomic E-state index is 13.6. The molecule has 1 aliphatic rings. The van der Waals surface area contributed by atoms with E-state index in [9.17, 15) is 14.3 Å². The highest BCUT2D eigenvalue weighted by atomic mass is 35.5. The molecule has 6 nitrogen and oxygen atoms in total. The van der Waals surface area contributed by atoms with Crippen LogP contribution in [0.2, 0.25) is 5.02 Å². The fourth-order valence-electron chi connectivity index (χ4n) is 4.12. The van der Waals surface area contributed by atoms with Gasteiger partial charge in [-0.2, -0.15) is 5.10 Å². The van der Waals surface area contributed by atoms with E-state index in [2.05, 4.69) is 10.1 Å². The van der Waals surface area contributed by atoms with Gasteiger partial charge in [0, 0.05) is 29.9 Å². The van der Waals surface area contributed by atoms with Gasteiger partial charge in [0.1, 0.15) is 11.5 Å². The lowest BCUT2D eigenvalue weighted by molar-refractivity contribution is 0.331. The van der Waals surface area contributed by atoms with Crippen molar-refractivity contribution < 1.29 is 9.50 Å². The second-order valence-electron chi connectivity index (χ2n) is 7.21. The third-order valence-corrected chi connectivity index (χ3v) is 5.67. The Morgan fingerprint density at radius 2 is 1.97 bits per heavy atom. The number of hydrogen-bond donors (Lipinski definition) is 1. The number of aromatic nitrogens is 4. The molecular weight excluding hydrogens is 407 g/mol. The van der Waals surface area contributed by atoms with Crippen LogP contribution in [-0.2, 0) is 6.54 Å². The topological polar surface area (TPSA) is 72.9 Å². The highest BCUT2D eigenvalue weighted by Gasteiger charge is 2.35. The fraction of sp³-hybridized carbons (Fsp3) is 0.136. The zero-order valence-electron chi connectivity index (χ0n) is 15.6. The van der Waals surface area contributed by atoms with Crippen molar-refractivity contribution in [2.45, 2.75) is 18.5 Å². The smallest absolute Gasteiger partial charge is 0.242 e. The summed E-state index contributed by atoms with van der Waals surface area (Å²) in [5, 5.41) is 15.4. The summed E-state index contributed by atoms with van der Waals surface area (Å²) < 4.78 is 17.1. The van der Waals surface area contributed by atoms with Crippen molar-refractivity contribution in [3.05, 3.63) is 99.3 Å². The Bertz CT molecular complexity index is 1300. The van der Waals surface area contributed by atoms with E-state index in [0.717, 1.165) is 17.3 Å². The Morgan fingerprint density at radius 1 is 1.17 bits per heavy atom. The molecular formula is C22H16ClFN4O2. The third-order valence-electron chi connectivity index (χ3n) is 5.43. The molecule has 0 aliphatic carbocycles. The van der Waals surface area contributed by atoms with E-state index in [4.69, 9.17) is 11.6 Å². The molecule has 2 aromatic heterocycles. The van der Waals surface area contributed by atoms with E-state index in [-0.39, 0.29) is 23.5 Å². The average molecular weight is 423 g/mol. The molecule has 4 aromatic rings. The van der Waals surface area contributed by atoms with Crippen LogP contribution in [0.15, 0.2) is 71.9 Å². The molecule has 1 N–H and O–H groups in total. The van der Waals surface area contributed by atoms with Crippen molar-refractivity contribution >= 4 is 11.6 Å². The predicted octanol–water partition coefficient (Wildman–Crippen LogP) is 3.99. The first-order valence-electron chi connectivity index (χ1n) is 9.36. The molecule has 8 heteroatoms. The van der Waals surface area contributed by atoms with Gasteiger partial charge in [0.25, 0.3) is 0 Å². The molecule has 0 unspecified atom stereocenters. The van der Waals surface area contributed by atoms with Crippen LogP contribution in [0.1, 0.15) is 23.1 Å². The van der Waals surface area contributed by atoms with Crippen LogP contribution in [0.4, 0.5) is 4.39 Å². The third kappa shape index (κ3) is 2.98. The van der Waals surface area contributed by atoms with E-state index in [1.54, 1.807) is 35.3 Å². The van der Waals surface area contributed by atoms with Gasteiger partial charge >= 0.3 is 0 Å². The second-order valence-corrected chi connectivity index (χ2v) is 7.64. The van der Waals surface area contributed by atoms with Crippen molar-refractivity contribution in [3.8, 4) is 17.3 Å². The predicted molar refractivity (Wildman–Crippen MR) is 110 cm³/mol. The minimum Gasteiger partial charge on any atom is -0.503 e. The van der Waals surface area contributed by atoms with Crippen molar-refractivity contribution in [1.82, 2.24) is 19.3 Å². The van der Waals surface area contributed by atoms with Crippen LogP contribution in [0.3, 0.4) is 0 Å². The van der Waals surface area contributed by atoms with Gasteiger partial charge in [0.15, 0.2) is 11.6 Å². The van der Waals surface area contributed by atoms with Crippen LogP contribution < -0.4 is 5.43 Å². The van der Waals surface area contributed by atoms with Gasteiger partial charge in [-0.15, -0.1) is 0 Å². The Labute approximate surface area is 175 Å². The lowest BCUT2D eigenvalue weighted by atomic mass is 9.84. The number of fused-ring (bicyclic) bond motifs is 3. The first-order valence-corrected chi connectivity index (χ1v) is 9.74. The van der Waals surface area contributed by atoms with Gasteiger partial charge in [0.2, 0.25) is 5.43 Å². The molecule has 1 aliphatic heterocycles. The summed E-state index contributed by atoms with van der Waals surface area (Å²) in [6.07, 6.45) is 4.51. The van der Waals surface area contributed by atoms with Crippen molar-refractivity contribution in [2.75, 3.05) is 0 Å². The highest BCUT2D eigenvalue weighted by Crippen LogP contribution is 2.42. The normalized spacial score (nSPS) is 16.0. The summed E-state index contributed by atoms with van der Waals surface area (Å²) in [6, 6.07) is 13.4. The van der Waals surface area contributed by atoms with E-state index in [1.807, 2.05) is 22.8 Å². The Kier molecular flexibility index (Phi) is 4.40. The number of halogens is 2. The largest absolute Gasteiger partial charge is 0.503 e. The van der Waals surface area contributed by atoms with Gasteiger partial charge in [-0.05, 0) is 35.4 Å². The maximum absolute atomic E-state index is 13.6. The van der Waals surface area contributed by atoms with E-state index in [0.29, 0.717) is 17.4 Å². The standard InChI is InChI=1S/C22H16ClFN4O2/c23-15-3-1-2-14(10-15)19(13-4-6-16(24)7-5-13)17-12-27-9-8-25-22(27)20-21(30)18(29)11-26-28(17)20/h1-11,17,19,30H,12H2/t17-,19+/m1/s1. The van der Waals surface area contributed by atoms with Crippen molar-refractivity contribution in [2.24, 2.45) is 0 Å². The Hall–Kier alpha value is -3.45. The van der Waals surface area contributed by atoms with Crippen LogP contribution >= 0.6 is 11.6 Å². The fourth-order valence-corrected chi connectivity index (χ4v) is 4.32. The number of imidazole rings is 1. The molecule has 2 atom stereocenters. The van der Waals surface area contributed by atoms with Crippen molar-refractivity contribution in [3.63, 3.8) is 0 Å². The van der Waals surface area contributed by atoms with Crippen LogP contribution in [-0.4, -0.2) is 24.4 Å². The maximum Gasteiger partial charge on any atom is 0.242 e. The van der Waals surface area contributed by atoms with Gasteiger partial charge in [-0.3, -0.25) is 9.48 Å². The number of hydrogen-bond acceptors (Lipinski definition) is 4. The summed E-state index contributed by atoms with van der Waals surface area (Å²) in [4.78, 5) is 16.4. The quantitative estimate of drug-likeness (QED) is 0.541. The van der Waals surface area contributed by atoms with Crippen LogP contribution in [0, 0.1) is 5.82 Å². The SMILES string of the molecule is O=c1cnn2c(c1O)-c1nccn1C[C@@H]2[C@@H](c1ccc(F)cc1)c1cccc(Cl)c1. The van der Waals surface area contributed by atoms with E-state index < -0.39 is 11.2 Å². The Balaban J connectivity index is 1.76. The Morgan fingerprint density at radius 3 is 2.73 bits per heavy atom. The van der Waals surface area contributed by atoms with E-state index in [1.165, 1.54) is 12.1 Å². The van der Waals surface area contributed by atoms with E-state index >= 15 is 0 Å². The lowest BCUT2D eigenvalue weighted by Crippen LogP contribution is -2.32. The number of rotatable bonds is 3. The number of aromatic hydroxyl groups is 1. The van der Waals surface area contributed by atoms with Crippen LogP contribution in [0.5, 0.6) is 5.75 Å². The highest BCUT2D eigenvalue weighted by molar-refractivity contribution is 6.30. The number of nitrogens with zero attached hydrogens (tertiary/aromatic N) is 4. The van der Waals surface area contributed by atoms with Gasteiger partial charge in [-0.1, -0.05) is 35.9 Å². The molecule has 150 valence electrons. The number of benzene rings is 2. The molecule has 0 saturated carbocycles. The van der Waals surface area contributed by atoms with Gasteiger partial charge in [0.05, 0.1) is 12.2 Å². The lowest BCUT2D eigenvalue weighted by Gasteiger charge is -2.34.